The first-order valence-corrected chi connectivity index (χ1v) is 6.70. The van der Waals surface area contributed by atoms with E-state index in [4.69, 9.17) is 23.2 Å². The molecule has 2 aromatic carbocycles. The van der Waals surface area contributed by atoms with E-state index in [9.17, 15) is 14.9 Å². The van der Waals surface area contributed by atoms with Gasteiger partial charge in [-0.25, -0.2) is 0 Å². The summed E-state index contributed by atoms with van der Waals surface area (Å²) in [5, 5.41) is 13.8. The SMILES string of the molecule is O=C(NCc1ccccc1Cl)c1ccc([N+](=O)[O-])c(Cl)c1. The van der Waals surface area contributed by atoms with E-state index in [1.54, 1.807) is 18.2 Å². The summed E-state index contributed by atoms with van der Waals surface area (Å²) in [5.41, 5.74) is 0.789. The lowest BCUT2D eigenvalue weighted by Gasteiger charge is -2.07. The Bertz CT molecular complexity index is 704. The lowest BCUT2D eigenvalue weighted by atomic mass is 10.1. The van der Waals surface area contributed by atoms with Crippen molar-refractivity contribution in [3.05, 3.63) is 73.8 Å². The third-order valence-corrected chi connectivity index (χ3v) is 3.48. The molecule has 0 aliphatic rings. The topological polar surface area (TPSA) is 72.2 Å². The number of hydrogen-bond donors (Lipinski definition) is 1. The second kappa shape index (κ2) is 6.56. The van der Waals surface area contributed by atoms with Crippen LogP contribution >= 0.6 is 23.2 Å². The molecule has 0 atom stereocenters. The van der Waals surface area contributed by atoms with Gasteiger partial charge in [0.2, 0.25) is 0 Å². The minimum absolute atomic E-state index is 0.0783. The van der Waals surface area contributed by atoms with Gasteiger partial charge in [0, 0.05) is 23.2 Å². The van der Waals surface area contributed by atoms with Crippen molar-refractivity contribution in [1.82, 2.24) is 5.32 Å². The molecule has 0 radical (unpaired) electrons. The highest BCUT2D eigenvalue weighted by atomic mass is 35.5. The molecule has 0 fully saturated rings. The molecule has 0 bridgehead atoms. The highest BCUT2D eigenvalue weighted by molar-refractivity contribution is 6.33. The largest absolute Gasteiger partial charge is 0.348 e. The molecule has 1 N–H and O–H groups in total. The van der Waals surface area contributed by atoms with Crippen LogP contribution in [-0.2, 0) is 6.54 Å². The number of nitrogens with one attached hydrogen (secondary N) is 1. The van der Waals surface area contributed by atoms with Gasteiger partial charge in [0.05, 0.1) is 4.92 Å². The Labute approximate surface area is 130 Å². The second-order valence-electron chi connectivity index (χ2n) is 4.20. The van der Waals surface area contributed by atoms with Gasteiger partial charge in [-0.05, 0) is 23.8 Å². The van der Waals surface area contributed by atoms with Crippen molar-refractivity contribution in [2.45, 2.75) is 6.54 Å². The molecule has 0 aromatic heterocycles. The average molecular weight is 325 g/mol. The Hall–Kier alpha value is -2.11. The van der Waals surface area contributed by atoms with Gasteiger partial charge in [-0.15, -0.1) is 0 Å². The van der Waals surface area contributed by atoms with E-state index in [2.05, 4.69) is 5.32 Å². The predicted octanol–water partition coefficient (Wildman–Crippen LogP) is 3.83. The number of nitro benzene ring substituents is 1. The van der Waals surface area contributed by atoms with Crippen molar-refractivity contribution < 1.29 is 9.72 Å². The van der Waals surface area contributed by atoms with Gasteiger partial charge in [0.15, 0.2) is 0 Å². The van der Waals surface area contributed by atoms with Gasteiger partial charge in [0.25, 0.3) is 11.6 Å². The summed E-state index contributed by atoms with van der Waals surface area (Å²) in [6.45, 7) is 0.257. The van der Waals surface area contributed by atoms with Gasteiger partial charge in [0.1, 0.15) is 5.02 Å². The van der Waals surface area contributed by atoms with E-state index in [0.717, 1.165) is 5.56 Å². The van der Waals surface area contributed by atoms with Gasteiger partial charge >= 0.3 is 0 Å². The summed E-state index contributed by atoms with van der Waals surface area (Å²) < 4.78 is 0. The molecule has 0 aliphatic heterocycles. The molecule has 21 heavy (non-hydrogen) atoms. The molecular formula is C14H10Cl2N2O3. The van der Waals surface area contributed by atoms with Gasteiger partial charge in [-0.1, -0.05) is 41.4 Å². The number of rotatable bonds is 4. The Kier molecular flexibility index (Phi) is 4.77. The van der Waals surface area contributed by atoms with Crippen LogP contribution in [0.15, 0.2) is 42.5 Å². The Morgan fingerprint density at radius 3 is 2.48 bits per heavy atom. The van der Waals surface area contributed by atoms with Gasteiger partial charge < -0.3 is 5.32 Å². The number of halogens is 2. The van der Waals surface area contributed by atoms with Crippen LogP contribution in [0.5, 0.6) is 0 Å². The summed E-state index contributed by atoms with van der Waals surface area (Å²) in [4.78, 5) is 22.0. The first-order valence-electron chi connectivity index (χ1n) is 5.94. The van der Waals surface area contributed by atoms with Crippen LogP contribution in [0.2, 0.25) is 10.0 Å². The van der Waals surface area contributed by atoms with Crippen molar-refractivity contribution in [2.75, 3.05) is 0 Å². The van der Waals surface area contributed by atoms with Crippen LogP contribution in [0.4, 0.5) is 5.69 Å². The maximum absolute atomic E-state index is 12.0. The van der Waals surface area contributed by atoms with Crippen molar-refractivity contribution >= 4 is 34.8 Å². The number of benzene rings is 2. The van der Waals surface area contributed by atoms with Crippen LogP contribution in [-0.4, -0.2) is 10.8 Å². The smallest absolute Gasteiger partial charge is 0.287 e. The van der Waals surface area contributed by atoms with E-state index in [0.29, 0.717) is 5.02 Å². The second-order valence-corrected chi connectivity index (χ2v) is 5.01. The van der Waals surface area contributed by atoms with Crippen LogP contribution in [0, 0.1) is 10.1 Å². The molecule has 1 amide bonds. The molecule has 5 nitrogen and oxygen atoms in total. The molecular weight excluding hydrogens is 315 g/mol. The fourth-order valence-corrected chi connectivity index (χ4v) is 2.17. The van der Waals surface area contributed by atoms with E-state index in [-0.39, 0.29) is 28.7 Å². The van der Waals surface area contributed by atoms with E-state index < -0.39 is 4.92 Å². The van der Waals surface area contributed by atoms with E-state index >= 15 is 0 Å². The highest BCUT2D eigenvalue weighted by Crippen LogP contribution is 2.25. The van der Waals surface area contributed by atoms with Crippen molar-refractivity contribution in [3.63, 3.8) is 0 Å². The quantitative estimate of drug-likeness (QED) is 0.686. The fourth-order valence-electron chi connectivity index (χ4n) is 1.72. The van der Waals surface area contributed by atoms with Gasteiger partial charge in [-0.3, -0.25) is 14.9 Å². The minimum Gasteiger partial charge on any atom is -0.348 e. The number of carbonyl (C=O) groups excluding carboxylic acids is 1. The molecule has 0 unspecified atom stereocenters. The fraction of sp³-hybridized carbons (Fsp3) is 0.0714. The Morgan fingerprint density at radius 1 is 1.14 bits per heavy atom. The third-order valence-electron chi connectivity index (χ3n) is 2.80. The zero-order valence-electron chi connectivity index (χ0n) is 10.7. The lowest BCUT2D eigenvalue weighted by Crippen LogP contribution is -2.22. The predicted molar refractivity (Wildman–Crippen MR) is 80.7 cm³/mol. The summed E-state index contributed by atoms with van der Waals surface area (Å²) in [6, 6.07) is 11.0. The number of amides is 1. The zero-order chi connectivity index (χ0) is 15.4. The van der Waals surface area contributed by atoms with Gasteiger partial charge in [-0.2, -0.15) is 0 Å². The maximum atomic E-state index is 12.0. The molecule has 7 heteroatoms. The molecule has 108 valence electrons. The number of nitrogens with zero attached hydrogens (tertiary/aromatic N) is 1. The molecule has 0 saturated carbocycles. The van der Waals surface area contributed by atoms with Crippen LogP contribution in [0.3, 0.4) is 0 Å². The van der Waals surface area contributed by atoms with Crippen LogP contribution < -0.4 is 5.32 Å². The van der Waals surface area contributed by atoms with Crippen molar-refractivity contribution in [3.8, 4) is 0 Å². The monoisotopic (exact) mass is 324 g/mol. The maximum Gasteiger partial charge on any atom is 0.287 e. The normalized spacial score (nSPS) is 10.2. The van der Waals surface area contributed by atoms with E-state index in [1.165, 1.54) is 18.2 Å². The standard InChI is InChI=1S/C14H10Cl2N2O3/c15-11-4-2-1-3-10(11)8-17-14(19)9-5-6-13(18(20)21)12(16)7-9/h1-7H,8H2,(H,17,19). The highest BCUT2D eigenvalue weighted by Gasteiger charge is 2.15. The summed E-state index contributed by atoms with van der Waals surface area (Å²) in [6.07, 6.45) is 0. The van der Waals surface area contributed by atoms with E-state index in [1.807, 2.05) is 6.07 Å². The Balaban J connectivity index is 2.09. The van der Waals surface area contributed by atoms with Crippen LogP contribution in [0.25, 0.3) is 0 Å². The third kappa shape index (κ3) is 3.71. The number of nitro groups is 1. The van der Waals surface area contributed by atoms with Crippen molar-refractivity contribution in [2.24, 2.45) is 0 Å². The molecule has 0 spiro atoms. The van der Waals surface area contributed by atoms with Crippen LogP contribution in [0.1, 0.15) is 15.9 Å². The average Bonchev–Trinajstić information content (AvgIpc) is 2.45. The molecule has 2 aromatic rings. The molecule has 0 saturated heterocycles. The number of hydrogen-bond acceptors (Lipinski definition) is 3. The van der Waals surface area contributed by atoms with Crippen molar-refractivity contribution in [1.29, 1.82) is 0 Å². The first-order chi connectivity index (χ1) is 9.99. The molecule has 0 aliphatic carbocycles. The summed E-state index contributed by atoms with van der Waals surface area (Å²) >= 11 is 11.8. The molecule has 0 heterocycles. The summed E-state index contributed by atoms with van der Waals surface area (Å²) in [5.74, 6) is -0.383. The molecule has 2 rings (SSSR count). The zero-order valence-corrected chi connectivity index (χ0v) is 12.2. The Morgan fingerprint density at radius 2 is 1.86 bits per heavy atom. The first kappa shape index (κ1) is 15.3. The minimum atomic E-state index is -0.603. The lowest BCUT2D eigenvalue weighted by molar-refractivity contribution is -0.384. The number of carbonyl (C=O) groups is 1. The summed E-state index contributed by atoms with van der Waals surface area (Å²) in [7, 11) is 0.